The summed E-state index contributed by atoms with van der Waals surface area (Å²) in [5.74, 6) is 1.34. The van der Waals surface area contributed by atoms with Crippen LogP contribution < -0.4 is 5.73 Å². The molecule has 2 fully saturated rings. The molecule has 1 amide bonds. The normalized spacial score (nSPS) is 28.8. The lowest BCUT2D eigenvalue weighted by Gasteiger charge is -2.30. The number of hydrogen-bond donors (Lipinski definition) is 1. The summed E-state index contributed by atoms with van der Waals surface area (Å²) in [6.07, 6.45) is 2.29. The Bertz CT molecular complexity index is 557. The van der Waals surface area contributed by atoms with Crippen LogP contribution in [-0.2, 0) is 10.2 Å². The maximum atomic E-state index is 13.0. The summed E-state index contributed by atoms with van der Waals surface area (Å²) in [5.41, 5.74) is 6.74. The van der Waals surface area contributed by atoms with Crippen molar-refractivity contribution in [1.82, 2.24) is 4.90 Å². The molecule has 2 aliphatic rings. The zero-order valence-electron chi connectivity index (χ0n) is 12.7. The van der Waals surface area contributed by atoms with Gasteiger partial charge in [0.1, 0.15) is 0 Å². The minimum Gasteiger partial charge on any atom is -0.341 e. The summed E-state index contributed by atoms with van der Waals surface area (Å²) in [5, 5.41) is 0. The van der Waals surface area contributed by atoms with E-state index in [-0.39, 0.29) is 11.9 Å². The predicted molar refractivity (Wildman–Crippen MR) is 87.9 cm³/mol. The fourth-order valence-electron chi connectivity index (χ4n) is 3.87. The third kappa shape index (κ3) is 2.64. The lowest BCUT2D eigenvalue weighted by atomic mass is 9.83. The van der Waals surface area contributed by atoms with E-state index in [0.717, 1.165) is 29.5 Å². The van der Waals surface area contributed by atoms with Crippen molar-refractivity contribution in [3.8, 4) is 0 Å². The van der Waals surface area contributed by atoms with Crippen molar-refractivity contribution in [3.63, 3.8) is 0 Å². The van der Waals surface area contributed by atoms with Gasteiger partial charge in [-0.15, -0.1) is 0 Å². The average molecular weight is 351 g/mol. The van der Waals surface area contributed by atoms with Gasteiger partial charge in [-0.2, -0.15) is 0 Å². The van der Waals surface area contributed by atoms with Gasteiger partial charge in [-0.1, -0.05) is 28.1 Å². The number of fused-ring (bicyclic) bond motifs is 1. The number of benzene rings is 1. The first-order valence-corrected chi connectivity index (χ1v) is 8.50. The van der Waals surface area contributed by atoms with E-state index in [9.17, 15) is 4.79 Å². The zero-order chi connectivity index (χ0) is 15.2. The van der Waals surface area contributed by atoms with Crippen molar-refractivity contribution in [3.05, 3.63) is 34.3 Å². The highest BCUT2D eigenvalue weighted by atomic mass is 79.9. The van der Waals surface area contributed by atoms with Crippen LogP contribution in [0.5, 0.6) is 0 Å². The van der Waals surface area contributed by atoms with Gasteiger partial charge in [0.15, 0.2) is 0 Å². The molecule has 114 valence electrons. The number of carbonyl (C=O) groups is 1. The van der Waals surface area contributed by atoms with Crippen molar-refractivity contribution >= 4 is 21.8 Å². The number of likely N-dealkylation sites (tertiary alicyclic amines) is 1. The van der Waals surface area contributed by atoms with Crippen molar-refractivity contribution < 1.29 is 4.79 Å². The molecule has 3 atom stereocenters. The maximum absolute atomic E-state index is 13.0. The van der Waals surface area contributed by atoms with E-state index in [1.807, 2.05) is 43.0 Å². The van der Waals surface area contributed by atoms with Gasteiger partial charge in [0, 0.05) is 23.6 Å². The van der Waals surface area contributed by atoms with E-state index in [0.29, 0.717) is 11.8 Å². The van der Waals surface area contributed by atoms with Gasteiger partial charge in [0.05, 0.1) is 5.41 Å². The standard InChI is InChI=1S/C17H23BrN2O/c1-17(2,12-4-3-5-13(18)8-12)16(21)20-9-11-6-7-15(19)14(11)10-20/h3-5,8,11,14-15H,6-7,9-10,19H2,1-2H3. The molecule has 1 aliphatic carbocycles. The van der Waals surface area contributed by atoms with Crippen LogP contribution in [0.1, 0.15) is 32.3 Å². The Balaban J connectivity index is 1.79. The molecule has 3 nitrogen and oxygen atoms in total. The molecule has 21 heavy (non-hydrogen) atoms. The van der Waals surface area contributed by atoms with E-state index >= 15 is 0 Å². The second kappa shape index (κ2) is 5.40. The van der Waals surface area contributed by atoms with Crippen molar-refractivity contribution in [2.75, 3.05) is 13.1 Å². The Morgan fingerprint density at radius 1 is 1.33 bits per heavy atom. The number of nitrogens with two attached hydrogens (primary N) is 1. The Kier molecular flexibility index (Phi) is 3.87. The molecule has 4 heteroatoms. The van der Waals surface area contributed by atoms with Gasteiger partial charge >= 0.3 is 0 Å². The summed E-state index contributed by atoms with van der Waals surface area (Å²) < 4.78 is 1.01. The van der Waals surface area contributed by atoms with Crippen LogP contribution in [0, 0.1) is 11.8 Å². The number of nitrogens with zero attached hydrogens (tertiary/aromatic N) is 1. The summed E-state index contributed by atoms with van der Waals surface area (Å²) in [7, 11) is 0. The second-order valence-corrected chi connectivity index (χ2v) is 7.93. The van der Waals surface area contributed by atoms with Crippen LogP contribution in [0.15, 0.2) is 28.7 Å². The average Bonchev–Trinajstić information content (AvgIpc) is 3.00. The molecule has 3 rings (SSSR count). The Morgan fingerprint density at radius 2 is 2.10 bits per heavy atom. The highest BCUT2D eigenvalue weighted by molar-refractivity contribution is 9.10. The van der Waals surface area contributed by atoms with E-state index in [1.54, 1.807) is 0 Å². The molecule has 1 heterocycles. The lowest BCUT2D eigenvalue weighted by Crippen LogP contribution is -2.43. The fourth-order valence-corrected chi connectivity index (χ4v) is 4.27. The fraction of sp³-hybridized carbons (Fsp3) is 0.588. The molecule has 0 spiro atoms. The molecule has 0 radical (unpaired) electrons. The molecule has 0 bridgehead atoms. The SMILES string of the molecule is CC(C)(C(=O)N1CC2CCC(N)C2C1)c1cccc(Br)c1. The molecule has 1 aliphatic heterocycles. The zero-order valence-corrected chi connectivity index (χ0v) is 14.3. The van der Waals surface area contributed by atoms with Crippen LogP contribution in [-0.4, -0.2) is 29.9 Å². The first kappa shape index (κ1) is 15.0. The molecule has 0 aromatic heterocycles. The number of rotatable bonds is 2. The van der Waals surface area contributed by atoms with Gasteiger partial charge in [0.2, 0.25) is 5.91 Å². The van der Waals surface area contributed by atoms with Gasteiger partial charge in [-0.05, 0) is 56.2 Å². The third-order valence-corrected chi connectivity index (χ3v) is 5.77. The molecular formula is C17H23BrN2O. The Morgan fingerprint density at radius 3 is 2.76 bits per heavy atom. The topological polar surface area (TPSA) is 46.3 Å². The number of halogens is 1. The molecule has 3 unspecified atom stereocenters. The van der Waals surface area contributed by atoms with E-state index < -0.39 is 5.41 Å². The first-order chi connectivity index (χ1) is 9.89. The van der Waals surface area contributed by atoms with E-state index in [2.05, 4.69) is 15.9 Å². The molecule has 1 aromatic rings. The van der Waals surface area contributed by atoms with Crippen LogP contribution in [0.4, 0.5) is 0 Å². The van der Waals surface area contributed by atoms with Crippen LogP contribution in [0.2, 0.25) is 0 Å². The summed E-state index contributed by atoms with van der Waals surface area (Å²) in [6.45, 7) is 5.76. The minimum atomic E-state index is -0.494. The van der Waals surface area contributed by atoms with Crippen molar-refractivity contribution in [1.29, 1.82) is 0 Å². The van der Waals surface area contributed by atoms with Crippen molar-refractivity contribution in [2.24, 2.45) is 17.6 Å². The smallest absolute Gasteiger partial charge is 0.232 e. The van der Waals surface area contributed by atoms with Crippen LogP contribution >= 0.6 is 15.9 Å². The van der Waals surface area contributed by atoms with E-state index in [1.165, 1.54) is 6.42 Å². The molecular weight excluding hydrogens is 328 g/mol. The molecule has 1 aromatic carbocycles. The van der Waals surface area contributed by atoms with Gasteiger partial charge < -0.3 is 10.6 Å². The second-order valence-electron chi connectivity index (χ2n) is 7.01. The van der Waals surface area contributed by atoms with Crippen LogP contribution in [0.25, 0.3) is 0 Å². The largest absolute Gasteiger partial charge is 0.341 e. The lowest BCUT2D eigenvalue weighted by molar-refractivity contribution is -0.135. The molecule has 1 saturated heterocycles. The number of hydrogen-bond acceptors (Lipinski definition) is 2. The number of carbonyl (C=O) groups excluding carboxylic acids is 1. The predicted octanol–water partition coefficient (Wildman–Crippen LogP) is 2.92. The van der Waals surface area contributed by atoms with Crippen molar-refractivity contribution in [2.45, 2.75) is 38.1 Å². The first-order valence-electron chi connectivity index (χ1n) is 7.70. The number of amides is 1. The summed E-state index contributed by atoms with van der Waals surface area (Å²) in [6, 6.07) is 8.33. The van der Waals surface area contributed by atoms with Gasteiger partial charge in [-0.3, -0.25) is 4.79 Å². The Labute approximate surface area is 135 Å². The maximum Gasteiger partial charge on any atom is 0.232 e. The Hall–Kier alpha value is -0.870. The van der Waals surface area contributed by atoms with Gasteiger partial charge in [0.25, 0.3) is 0 Å². The molecule has 2 N–H and O–H groups in total. The molecule has 1 saturated carbocycles. The third-order valence-electron chi connectivity index (χ3n) is 5.28. The quantitative estimate of drug-likeness (QED) is 0.891. The monoisotopic (exact) mass is 350 g/mol. The summed E-state index contributed by atoms with van der Waals surface area (Å²) in [4.78, 5) is 15.0. The van der Waals surface area contributed by atoms with E-state index in [4.69, 9.17) is 5.73 Å². The minimum absolute atomic E-state index is 0.224. The highest BCUT2D eigenvalue weighted by Crippen LogP contribution is 2.39. The van der Waals surface area contributed by atoms with Crippen LogP contribution in [0.3, 0.4) is 0 Å². The van der Waals surface area contributed by atoms with Gasteiger partial charge in [-0.25, -0.2) is 0 Å². The highest BCUT2D eigenvalue weighted by Gasteiger charge is 2.45. The summed E-state index contributed by atoms with van der Waals surface area (Å²) >= 11 is 3.49.